The van der Waals surface area contributed by atoms with E-state index < -0.39 is 10.0 Å². The van der Waals surface area contributed by atoms with E-state index in [-0.39, 0.29) is 30.2 Å². The molecule has 0 unspecified atom stereocenters. The molecule has 1 atom stereocenters. The van der Waals surface area contributed by atoms with Gasteiger partial charge in [0.15, 0.2) is 11.5 Å². The van der Waals surface area contributed by atoms with E-state index in [0.29, 0.717) is 23.6 Å². The lowest BCUT2D eigenvalue weighted by atomic mass is 10.1. The second-order valence-corrected chi connectivity index (χ2v) is 8.19. The Balaban J connectivity index is 1.49. The van der Waals surface area contributed by atoms with Crippen LogP contribution in [0.3, 0.4) is 0 Å². The Bertz CT molecular complexity index is 1020. The standard InChI is InChI=1S/C18H19N3O5S/c1-11-6-12-7-14(27(19,23)24)3-4-15(12)21(11)9-18(22)20-13-2-5-16-17(8-13)26-10-25-16/h2-5,7-8,11H,6,9-10H2,1H3,(H,20,22)(H2,19,23,24)/t11-/m1/s1. The molecule has 9 heteroatoms. The number of hydrogen-bond donors (Lipinski definition) is 2. The molecular formula is C18H19N3O5S. The average molecular weight is 389 g/mol. The van der Waals surface area contributed by atoms with Crippen LogP contribution in [-0.2, 0) is 21.2 Å². The van der Waals surface area contributed by atoms with Gasteiger partial charge in [-0.05, 0) is 49.2 Å². The largest absolute Gasteiger partial charge is 0.454 e. The third-order valence-corrected chi connectivity index (χ3v) is 5.62. The summed E-state index contributed by atoms with van der Waals surface area (Å²) in [6, 6.07) is 10.0. The van der Waals surface area contributed by atoms with Gasteiger partial charge < -0.3 is 19.7 Å². The molecule has 2 aromatic carbocycles. The number of carbonyl (C=O) groups is 1. The van der Waals surface area contributed by atoms with E-state index in [4.69, 9.17) is 14.6 Å². The topological polar surface area (TPSA) is 111 Å². The number of amides is 1. The minimum absolute atomic E-state index is 0.0678. The Morgan fingerprint density at radius 3 is 2.78 bits per heavy atom. The summed E-state index contributed by atoms with van der Waals surface area (Å²) in [6.45, 7) is 2.32. The van der Waals surface area contributed by atoms with Gasteiger partial charge in [-0.3, -0.25) is 4.79 Å². The van der Waals surface area contributed by atoms with Gasteiger partial charge in [-0.1, -0.05) is 0 Å². The Labute approximate surface area is 156 Å². The summed E-state index contributed by atoms with van der Waals surface area (Å²) in [6.07, 6.45) is 0.649. The van der Waals surface area contributed by atoms with Crippen molar-refractivity contribution < 1.29 is 22.7 Å². The number of anilines is 2. The highest BCUT2D eigenvalue weighted by Crippen LogP contribution is 2.35. The molecule has 2 heterocycles. The van der Waals surface area contributed by atoms with E-state index in [1.165, 1.54) is 6.07 Å². The van der Waals surface area contributed by atoms with E-state index in [0.717, 1.165) is 11.3 Å². The van der Waals surface area contributed by atoms with Gasteiger partial charge in [-0.25, -0.2) is 13.6 Å². The van der Waals surface area contributed by atoms with Crippen LogP contribution in [0, 0.1) is 0 Å². The Morgan fingerprint density at radius 2 is 2.00 bits per heavy atom. The van der Waals surface area contributed by atoms with Crippen LogP contribution in [0.5, 0.6) is 11.5 Å². The smallest absolute Gasteiger partial charge is 0.243 e. The van der Waals surface area contributed by atoms with Crippen molar-refractivity contribution in [1.29, 1.82) is 0 Å². The zero-order valence-electron chi connectivity index (χ0n) is 14.6. The highest BCUT2D eigenvalue weighted by atomic mass is 32.2. The fraction of sp³-hybridized carbons (Fsp3) is 0.278. The van der Waals surface area contributed by atoms with E-state index >= 15 is 0 Å². The number of primary sulfonamides is 1. The quantitative estimate of drug-likeness (QED) is 0.819. The number of hydrogen-bond acceptors (Lipinski definition) is 6. The van der Waals surface area contributed by atoms with Crippen LogP contribution in [0.1, 0.15) is 12.5 Å². The van der Waals surface area contributed by atoms with Crippen molar-refractivity contribution in [3.63, 3.8) is 0 Å². The fourth-order valence-corrected chi connectivity index (χ4v) is 3.98. The SMILES string of the molecule is C[C@@H]1Cc2cc(S(N)(=O)=O)ccc2N1CC(=O)Nc1ccc2c(c1)OCO2. The van der Waals surface area contributed by atoms with Gasteiger partial charge in [0, 0.05) is 23.5 Å². The van der Waals surface area contributed by atoms with Gasteiger partial charge in [0.2, 0.25) is 22.7 Å². The molecule has 8 nitrogen and oxygen atoms in total. The van der Waals surface area contributed by atoms with E-state index in [1.807, 2.05) is 11.8 Å². The minimum atomic E-state index is -3.75. The molecule has 0 bridgehead atoms. The molecule has 0 radical (unpaired) electrons. The van der Waals surface area contributed by atoms with Crippen molar-refractivity contribution in [1.82, 2.24) is 0 Å². The summed E-state index contributed by atoms with van der Waals surface area (Å²) in [5.74, 6) is 1.08. The molecule has 2 aromatic rings. The van der Waals surface area contributed by atoms with E-state index in [9.17, 15) is 13.2 Å². The molecule has 1 amide bonds. The van der Waals surface area contributed by atoms with Crippen molar-refractivity contribution in [2.45, 2.75) is 24.3 Å². The number of carbonyl (C=O) groups excluding carboxylic acids is 1. The normalized spacial score (nSPS) is 17.7. The van der Waals surface area contributed by atoms with Crippen LogP contribution in [0.4, 0.5) is 11.4 Å². The van der Waals surface area contributed by atoms with Crippen molar-refractivity contribution in [3.05, 3.63) is 42.0 Å². The van der Waals surface area contributed by atoms with Gasteiger partial charge in [-0.15, -0.1) is 0 Å². The molecular weight excluding hydrogens is 370 g/mol. The second-order valence-electron chi connectivity index (χ2n) is 6.63. The summed E-state index contributed by atoms with van der Waals surface area (Å²) in [4.78, 5) is 14.5. The van der Waals surface area contributed by atoms with Gasteiger partial charge in [0.25, 0.3) is 0 Å². The van der Waals surface area contributed by atoms with Crippen LogP contribution in [0.2, 0.25) is 0 Å². The summed E-state index contributed by atoms with van der Waals surface area (Å²) in [7, 11) is -3.75. The van der Waals surface area contributed by atoms with Crippen LogP contribution in [0.25, 0.3) is 0 Å². The lowest BCUT2D eigenvalue weighted by molar-refractivity contribution is -0.115. The maximum atomic E-state index is 12.5. The molecule has 0 saturated carbocycles. The number of nitrogens with zero attached hydrogens (tertiary/aromatic N) is 1. The first-order chi connectivity index (χ1) is 12.8. The maximum absolute atomic E-state index is 12.5. The molecule has 4 rings (SSSR count). The van der Waals surface area contributed by atoms with Crippen LogP contribution in [-0.4, -0.2) is 33.7 Å². The molecule has 0 aliphatic carbocycles. The fourth-order valence-electron chi connectivity index (χ4n) is 3.42. The first-order valence-electron chi connectivity index (χ1n) is 8.43. The molecule has 3 N–H and O–H groups in total. The number of nitrogens with one attached hydrogen (secondary N) is 1. The van der Waals surface area contributed by atoms with Crippen LogP contribution in [0.15, 0.2) is 41.3 Å². The van der Waals surface area contributed by atoms with Crippen LogP contribution >= 0.6 is 0 Å². The number of ether oxygens (including phenoxy) is 2. The molecule has 0 spiro atoms. The predicted octanol–water partition coefficient (Wildman–Crippen LogP) is 1.45. The number of benzene rings is 2. The summed E-state index contributed by atoms with van der Waals surface area (Å²) < 4.78 is 33.6. The molecule has 2 aliphatic heterocycles. The van der Waals surface area contributed by atoms with Gasteiger partial charge >= 0.3 is 0 Å². The molecule has 142 valence electrons. The first kappa shape index (κ1) is 17.6. The maximum Gasteiger partial charge on any atom is 0.243 e. The zero-order valence-corrected chi connectivity index (χ0v) is 15.5. The molecule has 2 aliphatic rings. The third kappa shape index (κ3) is 3.43. The number of nitrogens with two attached hydrogens (primary N) is 1. The Kier molecular flexibility index (Phi) is 4.20. The molecule has 0 saturated heterocycles. The van der Waals surface area contributed by atoms with Crippen molar-refractivity contribution in [2.24, 2.45) is 5.14 Å². The van der Waals surface area contributed by atoms with Gasteiger partial charge in [0.05, 0.1) is 11.4 Å². The van der Waals surface area contributed by atoms with E-state index in [2.05, 4.69) is 5.32 Å². The zero-order chi connectivity index (χ0) is 19.2. The minimum Gasteiger partial charge on any atom is -0.454 e. The number of sulfonamides is 1. The van der Waals surface area contributed by atoms with Crippen LogP contribution < -0.4 is 24.8 Å². The highest BCUT2D eigenvalue weighted by molar-refractivity contribution is 7.89. The summed E-state index contributed by atoms with van der Waals surface area (Å²) >= 11 is 0. The Morgan fingerprint density at radius 1 is 1.22 bits per heavy atom. The van der Waals surface area contributed by atoms with Gasteiger partial charge in [0.1, 0.15) is 0 Å². The predicted molar refractivity (Wildman–Crippen MR) is 99.5 cm³/mol. The lowest BCUT2D eigenvalue weighted by Gasteiger charge is -2.24. The van der Waals surface area contributed by atoms with Crippen molar-refractivity contribution >= 4 is 27.3 Å². The average Bonchev–Trinajstić information content (AvgIpc) is 3.18. The first-order valence-corrected chi connectivity index (χ1v) is 9.98. The van der Waals surface area contributed by atoms with Crippen molar-refractivity contribution in [2.75, 3.05) is 23.6 Å². The molecule has 27 heavy (non-hydrogen) atoms. The molecule has 0 fully saturated rings. The van der Waals surface area contributed by atoms with E-state index in [1.54, 1.807) is 30.3 Å². The molecule has 0 aromatic heterocycles. The Hall–Kier alpha value is -2.78. The third-order valence-electron chi connectivity index (χ3n) is 4.71. The number of fused-ring (bicyclic) bond motifs is 2. The monoisotopic (exact) mass is 389 g/mol. The van der Waals surface area contributed by atoms with Crippen molar-refractivity contribution in [3.8, 4) is 11.5 Å². The second kappa shape index (κ2) is 6.43. The highest BCUT2D eigenvalue weighted by Gasteiger charge is 2.28. The lowest BCUT2D eigenvalue weighted by Crippen LogP contribution is -2.37. The summed E-state index contributed by atoms with van der Waals surface area (Å²) in [5.41, 5.74) is 2.33. The summed E-state index contributed by atoms with van der Waals surface area (Å²) in [5, 5.41) is 8.05. The van der Waals surface area contributed by atoms with Gasteiger partial charge in [-0.2, -0.15) is 0 Å². The number of rotatable bonds is 4.